The Morgan fingerprint density at radius 1 is 0.722 bits per heavy atom. The number of fused-ring (bicyclic) bond motifs is 3. The molecule has 166 valence electrons. The number of nitriles is 2. The average Bonchev–Trinajstić information content (AvgIpc) is 3.62. The summed E-state index contributed by atoms with van der Waals surface area (Å²) in [4.78, 5) is 9.37. The molecule has 0 atom stereocenters. The van der Waals surface area contributed by atoms with Crippen molar-refractivity contribution < 1.29 is 0 Å². The highest BCUT2D eigenvalue weighted by Gasteiger charge is 2.22. The molecule has 36 heavy (non-hydrogen) atoms. The number of hydrogen-bond donors (Lipinski definition) is 0. The molecule has 10 heteroatoms. The van der Waals surface area contributed by atoms with Crippen molar-refractivity contribution in [2.45, 2.75) is 13.8 Å². The molecule has 0 aliphatic heterocycles. The smallest absolute Gasteiger partial charge is 0.234 e. The fraction of sp³-hybridized carbons (Fsp3) is 0.0769. The number of aryl methyl sites for hydroxylation is 2. The van der Waals surface area contributed by atoms with E-state index in [1.165, 1.54) is 31.6 Å². The van der Waals surface area contributed by atoms with Crippen molar-refractivity contribution in [3.63, 3.8) is 0 Å². The van der Waals surface area contributed by atoms with Crippen LogP contribution in [0.25, 0.3) is 42.4 Å². The van der Waals surface area contributed by atoms with Gasteiger partial charge in [-0.3, -0.25) is 0 Å². The van der Waals surface area contributed by atoms with Crippen LogP contribution in [0.3, 0.4) is 0 Å². The number of nitrogens with zero attached hydrogens (tertiary/aromatic N) is 6. The molecule has 0 spiro atoms. The van der Waals surface area contributed by atoms with Crippen LogP contribution in [0.5, 0.6) is 0 Å². The Labute approximate surface area is 216 Å². The number of benzene rings is 2. The molecule has 6 aromatic rings. The van der Waals surface area contributed by atoms with Gasteiger partial charge in [0.2, 0.25) is 16.0 Å². The monoisotopic (exact) mass is 496 g/mol. The number of thiazole rings is 2. The van der Waals surface area contributed by atoms with Gasteiger partial charge in [-0.2, -0.15) is 10.5 Å². The molecule has 0 unspecified atom stereocenters. The van der Waals surface area contributed by atoms with Crippen molar-refractivity contribution in [3.8, 4) is 12.1 Å². The molecule has 0 N–H and O–H groups in total. The fourth-order valence-corrected chi connectivity index (χ4v) is 6.53. The lowest BCUT2D eigenvalue weighted by atomic mass is 10.1. The highest BCUT2D eigenvalue weighted by molar-refractivity contribution is 7.20. The Morgan fingerprint density at radius 3 is 1.47 bits per heavy atom. The van der Waals surface area contributed by atoms with Crippen LogP contribution in [0.4, 0.5) is 0 Å². The molecular weight excluding hydrogens is 482 g/mol. The molecule has 0 bridgehead atoms. The van der Waals surface area contributed by atoms with Crippen molar-refractivity contribution in [2.24, 2.45) is 0 Å². The summed E-state index contributed by atoms with van der Waals surface area (Å²) in [6.07, 6.45) is 0. The van der Waals surface area contributed by atoms with Crippen molar-refractivity contribution in [2.75, 3.05) is 0 Å². The molecule has 2 aromatic carbocycles. The number of rotatable bonds is 2. The third-order valence-corrected chi connectivity index (χ3v) is 8.47. The van der Waals surface area contributed by atoms with Crippen LogP contribution in [0.15, 0.2) is 48.5 Å². The first-order valence-electron chi connectivity index (χ1n) is 11.0. The minimum Gasteiger partial charge on any atom is -0.399 e. The maximum atomic E-state index is 10.2. The van der Waals surface area contributed by atoms with Crippen molar-refractivity contribution >= 4 is 81.0 Å². The van der Waals surface area contributed by atoms with Gasteiger partial charge in [-0.25, -0.2) is 9.97 Å². The maximum absolute atomic E-state index is 10.2. The second kappa shape index (κ2) is 8.23. The van der Waals surface area contributed by atoms with Crippen LogP contribution in [0.1, 0.15) is 21.4 Å². The van der Waals surface area contributed by atoms with Gasteiger partial charge >= 0.3 is 0 Å². The summed E-state index contributed by atoms with van der Waals surface area (Å²) < 4.78 is 4.96. The lowest BCUT2D eigenvalue weighted by Crippen LogP contribution is -2.23. The molecule has 4 radical (unpaired) electrons. The maximum Gasteiger partial charge on any atom is 0.234 e. The zero-order chi connectivity index (χ0) is 25.1. The Bertz CT molecular complexity index is 1860. The van der Waals surface area contributed by atoms with E-state index in [1.54, 1.807) is 0 Å². The summed E-state index contributed by atoms with van der Waals surface area (Å²) in [5.41, 5.74) is 3.72. The second-order valence-corrected chi connectivity index (χ2v) is 10.4. The fourth-order valence-electron chi connectivity index (χ4n) is 4.61. The molecule has 0 fully saturated rings. The summed E-state index contributed by atoms with van der Waals surface area (Å²) in [5, 5.41) is 24.1. The topological polar surface area (TPSA) is 83.2 Å². The lowest BCUT2D eigenvalue weighted by molar-refractivity contribution is 1.07. The van der Waals surface area contributed by atoms with Crippen LogP contribution in [0.2, 0.25) is 0 Å². The Hall–Kier alpha value is -4.11. The predicted molar refractivity (Wildman–Crippen MR) is 146 cm³/mol. The lowest BCUT2D eigenvalue weighted by Gasteiger charge is -2.05. The first-order valence-corrected chi connectivity index (χ1v) is 12.6. The number of hydrogen-bond acceptors (Lipinski definition) is 6. The zero-order valence-corrected chi connectivity index (χ0v) is 20.9. The van der Waals surface area contributed by atoms with Gasteiger partial charge in [0.25, 0.3) is 0 Å². The van der Waals surface area contributed by atoms with Crippen LogP contribution in [-0.4, -0.2) is 34.9 Å². The van der Waals surface area contributed by atoms with E-state index < -0.39 is 0 Å². The third-order valence-electron chi connectivity index (χ3n) is 6.36. The normalized spacial score (nSPS) is 13.2. The average molecular weight is 496 g/mol. The Morgan fingerprint density at radius 2 is 1.11 bits per heavy atom. The van der Waals surface area contributed by atoms with E-state index in [4.69, 9.17) is 16.0 Å². The molecule has 4 aromatic heterocycles. The predicted octanol–water partition coefficient (Wildman–Crippen LogP) is 3.59. The molecule has 0 saturated carbocycles. The van der Waals surface area contributed by atoms with E-state index in [0.29, 0.717) is 43.2 Å². The zero-order valence-electron chi connectivity index (χ0n) is 19.3. The van der Waals surface area contributed by atoms with Crippen LogP contribution >= 0.6 is 22.7 Å². The SMILES string of the molecule is [B]n1c(C)c2/c(=C(\C#N)c3nc4ccccc4s3)n([B])c(C)c2/c1=C(\C#N)c1nc2ccccc2s1. The van der Waals surface area contributed by atoms with Crippen molar-refractivity contribution in [3.05, 3.63) is 80.6 Å². The largest absolute Gasteiger partial charge is 0.399 e. The second-order valence-electron chi connectivity index (χ2n) is 8.31. The van der Waals surface area contributed by atoms with Gasteiger partial charge in [-0.05, 0) is 38.1 Å². The molecule has 6 rings (SSSR count). The van der Waals surface area contributed by atoms with E-state index in [2.05, 4.69) is 22.1 Å². The van der Waals surface area contributed by atoms with Gasteiger partial charge in [0, 0.05) is 22.2 Å². The minimum absolute atomic E-state index is 0.357. The van der Waals surface area contributed by atoms with Gasteiger partial charge in [0.15, 0.2) is 0 Å². The quantitative estimate of drug-likeness (QED) is 0.343. The summed E-state index contributed by atoms with van der Waals surface area (Å²) >= 11 is 2.87. The highest BCUT2D eigenvalue weighted by Crippen LogP contribution is 2.29. The Balaban J connectivity index is 1.78. The minimum atomic E-state index is 0.357. The highest BCUT2D eigenvalue weighted by atomic mass is 32.1. The van der Waals surface area contributed by atoms with Crippen LogP contribution < -0.4 is 10.7 Å². The summed E-state index contributed by atoms with van der Waals surface area (Å²) in [6.45, 7) is 3.71. The standard InChI is InChI=1S/C26H14B2N6S2/c1-13-21-22(24(33(13)27)16(12-30)26-32-18-8-4-6-10-20(18)36-26)14(2)34(28)23(21)15(11-29)25-31-17-7-3-5-9-19(17)35-25/h3-10H,1-2H3/b23-15-,24-16-. The van der Waals surface area contributed by atoms with E-state index in [1.807, 2.05) is 62.4 Å². The van der Waals surface area contributed by atoms with Crippen LogP contribution in [0, 0.1) is 36.5 Å². The molecule has 0 aliphatic carbocycles. The summed E-state index contributed by atoms with van der Waals surface area (Å²) in [6, 6.07) is 20.1. The molecular formula is C26H14B2N6S2. The molecule has 4 heterocycles. The molecule has 0 amide bonds. The van der Waals surface area contributed by atoms with Crippen LogP contribution in [-0.2, 0) is 0 Å². The number of para-hydroxylation sites is 2. The van der Waals surface area contributed by atoms with Gasteiger partial charge in [0.1, 0.15) is 33.3 Å². The summed E-state index contributed by atoms with van der Waals surface area (Å²) in [5.74, 6) is 0. The molecule has 0 aliphatic rings. The van der Waals surface area contributed by atoms with Gasteiger partial charge in [0.05, 0.1) is 31.1 Å². The van der Waals surface area contributed by atoms with E-state index in [0.717, 1.165) is 31.2 Å². The number of aromatic nitrogens is 4. The first-order chi connectivity index (χ1) is 17.4. The molecule has 6 nitrogen and oxygen atoms in total. The van der Waals surface area contributed by atoms with E-state index in [-0.39, 0.29) is 0 Å². The van der Waals surface area contributed by atoms with E-state index >= 15 is 0 Å². The van der Waals surface area contributed by atoms with Gasteiger partial charge in [-0.1, -0.05) is 24.3 Å². The Kier molecular flexibility index (Phi) is 5.11. The van der Waals surface area contributed by atoms with E-state index in [9.17, 15) is 10.5 Å². The van der Waals surface area contributed by atoms with Crippen molar-refractivity contribution in [1.82, 2.24) is 18.9 Å². The van der Waals surface area contributed by atoms with Gasteiger partial charge in [-0.15, -0.1) is 22.7 Å². The summed E-state index contributed by atoms with van der Waals surface area (Å²) in [7, 11) is 13.1. The van der Waals surface area contributed by atoms with Gasteiger partial charge < -0.3 is 8.96 Å². The van der Waals surface area contributed by atoms with Crippen molar-refractivity contribution in [1.29, 1.82) is 10.5 Å². The first kappa shape index (κ1) is 22.4. The molecule has 0 saturated heterocycles. The third kappa shape index (κ3) is 3.09.